The van der Waals surface area contributed by atoms with Crippen molar-refractivity contribution >= 4 is 33.7 Å². The fourth-order valence-electron chi connectivity index (χ4n) is 3.23. The lowest BCUT2D eigenvalue weighted by molar-refractivity contribution is -0.137. The second kappa shape index (κ2) is 11.0. The number of hydrogen-bond donors (Lipinski definition) is 1. The third kappa shape index (κ3) is 7.14. The molecule has 11 heteroatoms. The highest BCUT2D eigenvalue weighted by molar-refractivity contribution is 7.89. The van der Waals surface area contributed by atoms with E-state index in [1.807, 2.05) is 13.0 Å². The Bertz CT molecular complexity index is 1330. The highest BCUT2D eigenvalue weighted by atomic mass is 35.5. The van der Waals surface area contributed by atoms with Crippen LogP contribution in [-0.2, 0) is 27.5 Å². The molecule has 0 aliphatic heterocycles. The minimum atomic E-state index is -4.59. The van der Waals surface area contributed by atoms with E-state index in [1.165, 1.54) is 42.5 Å². The van der Waals surface area contributed by atoms with E-state index in [1.54, 1.807) is 18.2 Å². The van der Waals surface area contributed by atoms with Crippen LogP contribution in [0.4, 0.5) is 13.2 Å². The predicted molar refractivity (Wildman–Crippen MR) is 127 cm³/mol. The molecule has 1 amide bonds. The standard InChI is InChI=1S/C24H21ClF3N3O3S/c1-17-5-4-6-18(13-17)15-31(35(33,34)21-11-9-20(25)10-12-21)16-23(32)30-29-14-19-7-2-3-8-22(19)24(26,27)28/h2-14H,15-16H2,1H3,(H,30,32)/b29-14-. The van der Waals surface area contributed by atoms with Crippen molar-refractivity contribution in [3.8, 4) is 0 Å². The number of carbonyl (C=O) groups excluding carboxylic acids is 1. The van der Waals surface area contributed by atoms with E-state index in [0.29, 0.717) is 10.6 Å². The molecule has 0 bridgehead atoms. The number of nitrogens with one attached hydrogen (secondary N) is 1. The summed E-state index contributed by atoms with van der Waals surface area (Å²) in [5, 5.41) is 3.94. The Balaban J connectivity index is 1.81. The van der Waals surface area contributed by atoms with E-state index in [2.05, 4.69) is 10.5 Å². The van der Waals surface area contributed by atoms with Crippen LogP contribution < -0.4 is 5.43 Å². The van der Waals surface area contributed by atoms with Gasteiger partial charge in [0.15, 0.2) is 0 Å². The molecule has 3 rings (SSSR count). The van der Waals surface area contributed by atoms with Crippen molar-refractivity contribution in [1.82, 2.24) is 9.73 Å². The number of rotatable bonds is 8. The molecule has 184 valence electrons. The first-order chi connectivity index (χ1) is 16.5. The summed E-state index contributed by atoms with van der Waals surface area (Å²) in [6.45, 7) is 1.12. The first kappa shape index (κ1) is 26.4. The minimum absolute atomic E-state index is 0.0649. The van der Waals surface area contributed by atoms with Crippen molar-refractivity contribution in [3.63, 3.8) is 0 Å². The third-order valence-corrected chi connectivity index (χ3v) is 6.93. The number of sulfonamides is 1. The number of nitrogens with zero attached hydrogens (tertiary/aromatic N) is 2. The van der Waals surface area contributed by atoms with E-state index in [0.717, 1.165) is 22.1 Å². The summed E-state index contributed by atoms with van der Waals surface area (Å²) in [4.78, 5) is 12.5. The molecule has 0 saturated heterocycles. The van der Waals surface area contributed by atoms with Crippen molar-refractivity contribution in [1.29, 1.82) is 0 Å². The van der Waals surface area contributed by atoms with Gasteiger partial charge in [0.1, 0.15) is 0 Å². The van der Waals surface area contributed by atoms with E-state index in [9.17, 15) is 26.4 Å². The maximum absolute atomic E-state index is 13.3. The summed E-state index contributed by atoms with van der Waals surface area (Å²) in [5.74, 6) is -0.823. The SMILES string of the molecule is Cc1cccc(CN(CC(=O)N/N=C\c2ccccc2C(F)(F)F)S(=O)(=O)c2ccc(Cl)cc2)c1. The zero-order valence-electron chi connectivity index (χ0n) is 18.5. The summed E-state index contributed by atoms with van der Waals surface area (Å²) in [6.07, 6.45) is -3.73. The van der Waals surface area contributed by atoms with Gasteiger partial charge in [0, 0.05) is 17.1 Å². The van der Waals surface area contributed by atoms with Gasteiger partial charge in [-0.1, -0.05) is 59.6 Å². The molecule has 0 aliphatic rings. The molecule has 3 aromatic rings. The van der Waals surface area contributed by atoms with Gasteiger partial charge in [-0.2, -0.15) is 22.6 Å². The summed E-state index contributed by atoms with van der Waals surface area (Å²) in [6, 6.07) is 17.3. The molecule has 6 nitrogen and oxygen atoms in total. The van der Waals surface area contributed by atoms with Crippen molar-refractivity contribution in [3.05, 3.63) is 100 Å². The Morgan fingerprint density at radius 3 is 2.40 bits per heavy atom. The van der Waals surface area contributed by atoms with E-state index in [4.69, 9.17) is 11.6 Å². The number of benzene rings is 3. The highest BCUT2D eigenvalue weighted by Crippen LogP contribution is 2.31. The molecule has 3 aromatic carbocycles. The Kier molecular flexibility index (Phi) is 8.31. The van der Waals surface area contributed by atoms with Gasteiger partial charge in [-0.05, 0) is 42.8 Å². The van der Waals surface area contributed by atoms with Gasteiger partial charge in [-0.25, -0.2) is 13.8 Å². The first-order valence-corrected chi connectivity index (χ1v) is 12.1. The Hall–Kier alpha value is -3.21. The minimum Gasteiger partial charge on any atom is -0.272 e. The van der Waals surface area contributed by atoms with Gasteiger partial charge >= 0.3 is 6.18 Å². The lowest BCUT2D eigenvalue weighted by Crippen LogP contribution is -2.39. The zero-order valence-corrected chi connectivity index (χ0v) is 20.0. The van der Waals surface area contributed by atoms with Crippen molar-refractivity contribution < 1.29 is 26.4 Å². The monoisotopic (exact) mass is 523 g/mol. The van der Waals surface area contributed by atoms with Gasteiger partial charge in [0.05, 0.1) is 23.2 Å². The van der Waals surface area contributed by atoms with Gasteiger partial charge < -0.3 is 0 Å². The van der Waals surface area contributed by atoms with Crippen LogP contribution >= 0.6 is 11.6 Å². The van der Waals surface area contributed by atoms with Crippen LogP contribution in [0.5, 0.6) is 0 Å². The summed E-state index contributed by atoms with van der Waals surface area (Å²) >= 11 is 5.86. The van der Waals surface area contributed by atoms with Crippen LogP contribution in [0.2, 0.25) is 5.02 Å². The number of amides is 1. The van der Waals surface area contributed by atoms with Gasteiger partial charge in [0.2, 0.25) is 10.0 Å². The van der Waals surface area contributed by atoms with Gasteiger partial charge in [-0.3, -0.25) is 4.79 Å². The molecule has 0 radical (unpaired) electrons. The number of aryl methyl sites for hydroxylation is 1. The number of hydrazone groups is 1. The van der Waals surface area contributed by atoms with Crippen LogP contribution in [0.3, 0.4) is 0 Å². The van der Waals surface area contributed by atoms with Crippen molar-refractivity contribution in [2.24, 2.45) is 5.10 Å². The largest absolute Gasteiger partial charge is 0.417 e. The summed E-state index contributed by atoms with van der Waals surface area (Å²) in [7, 11) is -4.11. The van der Waals surface area contributed by atoms with Gasteiger partial charge in [-0.15, -0.1) is 0 Å². The van der Waals surface area contributed by atoms with Crippen LogP contribution in [0.25, 0.3) is 0 Å². The predicted octanol–water partition coefficient (Wildman–Crippen LogP) is 5.01. The fraction of sp³-hybridized carbons (Fsp3) is 0.167. The van der Waals surface area contributed by atoms with E-state index < -0.39 is 34.2 Å². The van der Waals surface area contributed by atoms with Crippen LogP contribution in [-0.4, -0.2) is 31.4 Å². The van der Waals surface area contributed by atoms with Crippen molar-refractivity contribution in [2.75, 3.05) is 6.54 Å². The number of carbonyl (C=O) groups is 1. The highest BCUT2D eigenvalue weighted by Gasteiger charge is 2.32. The molecule has 0 saturated carbocycles. The molecule has 0 atom stereocenters. The number of alkyl halides is 3. The maximum Gasteiger partial charge on any atom is 0.417 e. The molecule has 0 aliphatic carbocycles. The van der Waals surface area contributed by atoms with Crippen molar-refractivity contribution in [2.45, 2.75) is 24.5 Å². The lowest BCUT2D eigenvalue weighted by Gasteiger charge is -2.21. The molecule has 0 fully saturated rings. The lowest BCUT2D eigenvalue weighted by atomic mass is 10.1. The molecule has 0 unspecified atom stereocenters. The van der Waals surface area contributed by atoms with E-state index in [-0.39, 0.29) is 17.0 Å². The second-order valence-electron chi connectivity index (χ2n) is 7.59. The molecule has 0 aromatic heterocycles. The van der Waals surface area contributed by atoms with Gasteiger partial charge in [0.25, 0.3) is 5.91 Å². The Labute approximate surface area is 206 Å². The molecule has 0 heterocycles. The topological polar surface area (TPSA) is 78.8 Å². The quantitative estimate of drug-likeness (QED) is 0.333. The smallest absolute Gasteiger partial charge is 0.272 e. The molecular formula is C24H21ClF3N3O3S. The second-order valence-corrected chi connectivity index (χ2v) is 9.97. The summed E-state index contributed by atoms with van der Waals surface area (Å²) < 4.78 is 66.9. The first-order valence-electron chi connectivity index (χ1n) is 10.3. The molecule has 35 heavy (non-hydrogen) atoms. The van der Waals surface area contributed by atoms with E-state index >= 15 is 0 Å². The zero-order chi connectivity index (χ0) is 25.6. The average Bonchev–Trinajstić information content (AvgIpc) is 2.78. The Morgan fingerprint density at radius 2 is 1.74 bits per heavy atom. The molecular weight excluding hydrogens is 503 g/mol. The normalized spacial score (nSPS) is 12.3. The third-order valence-electron chi connectivity index (χ3n) is 4.87. The van der Waals surface area contributed by atoms with Crippen LogP contribution in [0.1, 0.15) is 22.3 Å². The summed E-state index contributed by atoms with van der Waals surface area (Å²) in [5.41, 5.74) is 2.51. The van der Waals surface area contributed by atoms with Crippen LogP contribution in [0.15, 0.2) is 82.8 Å². The average molecular weight is 524 g/mol. The number of hydrogen-bond acceptors (Lipinski definition) is 4. The fourth-order valence-corrected chi connectivity index (χ4v) is 4.74. The molecule has 0 spiro atoms. The van der Waals surface area contributed by atoms with Crippen LogP contribution in [0, 0.1) is 6.92 Å². The molecule has 1 N–H and O–H groups in total. The Morgan fingerprint density at radius 1 is 1.06 bits per heavy atom. The maximum atomic E-state index is 13.3. The number of halogens is 4.